The number of ether oxygens (including phenoxy) is 3. The number of carbonyl (C=O) groups excluding carboxylic acids is 2. The number of rotatable bonds is 6. The van der Waals surface area contributed by atoms with Crippen molar-refractivity contribution in [1.82, 2.24) is 4.31 Å². The van der Waals surface area contributed by atoms with Gasteiger partial charge in [0, 0.05) is 6.54 Å². The van der Waals surface area contributed by atoms with E-state index >= 15 is 0 Å². The average Bonchev–Trinajstić information content (AvgIpc) is 3.25. The summed E-state index contributed by atoms with van der Waals surface area (Å²) in [5.41, 5.74) is 0.317. The lowest BCUT2D eigenvalue weighted by atomic mass is 10.2. The van der Waals surface area contributed by atoms with Crippen molar-refractivity contribution in [3.8, 4) is 11.5 Å². The van der Waals surface area contributed by atoms with E-state index in [4.69, 9.17) is 9.47 Å². The molecule has 0 aliphatic carbocycles. The minimum atomic E-state index is -3.86. The zero-order valence-corrected chi connectivity index (χ0v) is 16.8. The van der Waals surface area contributed by atoms with Gasteiger partial charge in [0.15, 0.2) is 0 Å². The fourth-order valence-electron chi connectivity index (χ4n) is 3.11. The monoisotopic (exact) mass is 419 g/mol. The van der Waals surface area contributed by atoms with Gasteiger partial charge in [0.25, 0.3) is 0 Å². The van der Waals surface area contributed by atoms with Crippen molar-refractivity contribution >= 4 is 22.0 Å². The Morgan fingerprint density at radius 2 is 1.59 bits per heavy atom. The van der Waals surface area contributed by atoms with Crippen LogP contribution in [0.4, 0.5) is 0 Å². The molecule has 1 atom stereocenters. The van der Waals surface area contributed by atoms with E-state index in [1.54, 1.807) is 12.1 Å². The smallest absolute Gasteiger partial charge is 0.337 e. The fraction of sp³-hybridized carbons (Fsp3) is 0.300. The van der Waals surface area contributed by atoms with Crippen LogP contribution >= 0.6 is 0 Å². The first-order valence-electron chi connectivity index (χ1n) is 8.93. The number of carbonyl (C=O) groups is 2. The van der Waals surface area contributed by atoms with Gasteiger partial charge in [-0.2, -0.15) is 4.31 Å². The molecule has 0 aromatic heterocycles. The SMILES string of the molecule is COC(=O)c1ccc(OC(=O)[C@@H]2CCCN2S(=O)(=O)c2ccc(OC)cc2)cc1. The van der Waals surface area contributed by atoms with Gasteiger partial charge in [-0.15, -0.1) is 0 Å². The molecular formula is C20H21NO7S. The van der Waals surface area contributed by atoms with E-state index in [1.807, 2.05) is 0 Å². The Labute approximate surface area is 169 Å². The van der Waals surface area contributed by atoms with Crippen molar-refractivity contribution in [2.24, 2.45) is 0 Å². The molecule has 0 radical (unpaired) electrons. The van der Waals surface area contributed by atoms with Crippen LogP contribution in [0.3, 0.4) is 0 Å². The number of hydrogen-bond acceptors (Lipinski definition) is 7. The number of benzene rings is 2. The summed E-state index contributed by atoms with van der Waals surface area (Å²) in [7, 11) is -1.09. The minimum absolute atomic E-state index is 0.0837. The van der Waals surface area contributed by atoms with Crippen molar-refractivity contribution < 1.29 is 32.2 Å². The lowest BCUT2D eigenvalue weighted by molar-refractivity contribution is -0.137. The first kappa shape index (κ1) is 20.8. The third-order valence-electron chi connectivity index (χ3n) is 4.64. The van der Waals surface area contributed by atoms with E-state index in [0.29, 0.717) is 24.2 Å². The Balaban J connectivity index is 1.75. The summed E-state index contributed by atoms with van der Waals surface area (Å²) in [4.78, 5) is 24.2. The minimum Gasteiger partial charge on any atom is -0.497 e. The molecule has 1 fully saturated rings. The van der Waals surface area contributed by atoms with Crippen LogP contribution in [0.25, 0.3) is 0 Å². The quantitative estimate of drug-likeness (QED) is 0.523. The molecule has 0 amide bonds. The number of sulfonamides is 1. The Hall–Kier alpha value is -2.91. The van der Waals surface area contributed by atoms with E-state index in [-0.39, 0.29) is 17.2 Å². The van der Waals surface area contributed by atoms with Gasteiger partial charge in [0.2, 0.25) is 10.0 Å². The molecule has 0 bridgehead atoms. The third-order valence-corrected chi connectivity index (χ3v) is 6.56. The van der Waals surface area contributed by atoms with Gasteiger partial charge in [-0.05, 0) is 61.4 Å². The standard InChI is InChI=1S/C20H21NO7S/c1-26-15-9-11-17(12-10-15)29(24,25)21-13-3-4-18(21)20(23)28-16-7-5-14(6-8-16)19(22)27-2/h5-12,18H,3-4,13H2,1-2H3/t18-/m0/s1. The molecule has 0 unspecified atom stereocenters. The first-order valence-corrected chi connectivity index (χ1v) is 10.4. The third kappa shape index (κ3) is 4.41. The van der Waals surface area contributed by atoms with Gasteiger partial charge in [0.05, 0.1) is 24.7 Å². The summed E-state index contributed by atoms with van der Waals surface area (Å²) in [6.07, 6.45) is 0.922. The van der Waals surface area contributed by atoms with Gasteiger partial charge in [-0.3, -0.25) is 0 Å². The number of hydrogen-bond donors (Lipinski definition) is 0. The number of nitrogens with zero attached hydrogens (tertiary/aromatic N) is 1. The molecule has 1 aliphatic heterocycles. The predicted molar refractivity (Wildman–Crippen MR) is 103 cm³/mol. The molecule has 9 heteroatoms. The van der Waals surface area contributed by atoms with Gasteiger partial charge < -0.3 is 14.2 Å². The highest BCUT2D eigenvalue weighted by Gasteiger charge is 2.40. The molecule has 3 rings (SSSR count). The summed E-state index contributed by atoms with van der Waals surface area (Å²) in [5.74, 6) is -0.408. The van der Waals surface area contributed by atoms with E-state index in [0.717, 1.165) is 0 Å². The maximum atomic E-state index is 13.0. The molecule has 0 N–H and O–H groups in total. The molecule has 2 aromatic rings. The average molecular weight is 419 g/mol. The number of esters is 2. The van der Waals surface area contributed by atoms with Crippen LogP contribution in [0.2, 0.25) is 0 Å². The van der Waals surface area contributed by atoms with Gasteiger partial charge in [0.1, 0.15) is 17.5 Å². The van der Waals surface area contributed by atoms with Crippen molar-refractivity contribution in [2.75, 3.05) is 20.8 Å². The van der Waals surface area contributed by atoms with Gasteiger partial charge in [-0.1, -0.05) is 0 Å². The fourth-order valence-corrected chi connectivity index (χ4v) is 4.75. The maximum Gasteiger partial charge on any atom is 0.337 e. The van der Waals surface area contributed by atoms with Gasteiger partial charge in [-0.25, -0.2) is 18.0 Å². The highest BCUT2D eigenvalue weighted by Crippen LogP contribution is 2.28. The molecule has 8 nitrogen and oxygen atoms in total. The van der Waals surface area contributed by atoms with E-state index < -0.39 is 28.0 Å². The lowest BCUT2D eigenvalue weighted by Gasteiger charge is -2.22. The van der Waals surface area contributed by atoms with Crippen LogP contribution in [0.15, 0.2) is 53.4 Å². The second-order valence-corrected chi connectivity index (χ2v) is 8.28. The molecule has 0 saturated carbocycles. The van der Waals surface area contributed by atoms with Crippen molar-refractivity contribution in [3.05, 3.63) is 54.1 Å². The maximum absolute atomic E-state index is 13.0. The van der Waals surface area contributed by atoms with E-state index in [1.165, 1.54) is 54.9 Å². The van der Waals surface area contributed by atoms with Crippen LogP contribution in [0.5, 0.6) is 11.5 Å². The van der Waals surface area contributed by atoms with Crippen molar-refractivity contribution in [3.63, 3.8) is 0 Å². The highest BCUT2D eigenvalue weighted by molar-refractivity contribution is 7.89. The topological polar surface area (TPSA) is 99.2 Å². The molecular weight excluding hydrogens is 398 g/mol. The summed E-state index contributed by atoms with van der Waals surface area (Å²) in [6.45, 7) is 0.232. The van der Waals surface area contributed by atoms with Crippen molar-refractivity contribution in [2.45, 2.75) is 23.8 Å². The second-order valence-electron chi connectivity index (χ2n) is 6.39. The molecule has 0 spiro atoms. The van der Waals surface area contributed by atoms with Gasteiger partial charge >= 0.3 is 11.9 Å². The summed E-state index contributed by atoms with van der Waals surface area (Å²) in [6, 6.07) is 10.9. The van der Waals surface area contributed by atoms with Crippen LogP contribution < -0.4 is 9.47 Å². The first-order chi connectivity index (χ1) is 13.9. The van der Waals surface area contributed by atoms with Crippen LogP contribution in [0, 0.1) is 0 Å². The summed E-state index contributed by atoms with van der Waals surface area (Å²) in [5, 5.41) is 0. The molecule has 29 heavy (non-hydrogen) atoms. The Morgan fingerprint density at radius 3 is 2.17 bits per heavy atom. The molecule has 154 valence electrons. The Bertz CT molecular complexity index is 984. The number of methoxy groups -OCH3 is 2. The molecule has 1 heterocycles. The molecule has 1 aliphatic rings. The van der Waals surface area contributed by atoms with Crippen molar-refractivity contribution in [1.29, 1.82) is 0 Å². The second kappa shape index (κ2) is 8.62. The predicted octanol–water partition coefficient (Wildman–Crippen LogP) is 2.24. The zero-order valence-electron chi connectivity index (χ0n) is 16.0. The van der Waals surface area contributed by atoms with Crippen LogP contribution in [-0.2, 0) is 19.6 Å². The summed E-state index contributed by atoms with van der Waals surface area (Å²) >= 11 is 0. The largest absolute Gasteiger partial charge is 0.497 e. The highest BCUT2D eigenvalue weighted by atomic mass is 32.2. The molecule has 2 aromatic carbocycles. The molecule has 1 saturated heterocycles. The Kier molecular flexibility index (Phi) is 6.19. The lowest BCUT2D eigenvalue weighted by Crippen LogP contribution is -2.42. The van der Waals surface area contributed by atoms with Crippen LogP contribution in [-0.4, -0.2) is 51.5 Å². The normalized spacial score (nSPS) is 17.0. The van der Waals surface area contributed by atoms with E-state index in [2.05, 4.69) is 4.74 Å². The Morgan fingerprint density at radius 1 is 0.966 bits per heavy atom. The zero-order chi connectivity index (χ0) is 21.0. The summed E-state index contributed by atoms with van der Waals surface area (Å²) < 4.78 is 42.1. The van der Waals surface area contributed by atoms with E-state index in [9.17, 15) is 18.0 Å². The van der Waals surface area contributed by atoms with Crippen LogP contribution in [0.1, 0.15) is 23.2 Å².